The zero-order chi connectivity index (χ0) is 40.3. The summed E-state index contributed by atoms with van der Waals surface area (Å²) in [5.41, 5.74) is 21.0. The standard InChI is InChI=1S/C60H44/c1-59(2)52-26-16-15-23-43(52)50-35-55-51(36-54(50)59)44-30-28-41(34-53(44)60(55,3)4)40-29-31-47(49(33-40)37-17-7-5-8-18-37)58-46-25-14-13-24-45(46)56(39-20-9-6-10-21-39)48-32-27-38-19-11-12-22-42(38)57(48)58/h5-36H,1-4H3. The van der Waals surface area contributed by atoms with Gasteiger partial charge in [-0.25, -0.2) is 0 Å². The van der Waals surface area contributed by atoms with Gasteiger partial charge in [0.05, 0.1) is 0 Å². The highest BCUT2D eigenvalue weighted by Crippen LogP contribution is 2.57. The Labute approximate surface area is 352 Å². The molecule has 60 heavy (non-hydrogen) atoms. The van der Waals surface area contributed by atoms with Crippen LogP contribution in [0, 0.1) is 0 Å². The lowest BCUT2D eigenvalue weighted by Gasteiger charge is -2.24. The van der Waals surface area contributed by atoms with E-state index in [-0.39, 0.29) is 10.8 Å². The van der Waals surface area contributed by atoms with E-state index in [0.29, 0.717) is 0 Å². The van der Waals surface area contributed by atoms with Crippen LogP contribution in [-0.4, -0.2) is 0 Å². The number of hydrogen-bond acceptors (Lipinski definition) is 0. The topological polar surface area (TPSA) is 0 Å². The van der Waals surface area contributed by atoms with E-state index in [2.05, 4.69) is 222 Å². The molecule has 0 fully saturated rings. The number of fused-ring (bicyclic) bond motifs is 10. The Bertz CT molecular complexity index is 3400. The molecule has 0 aliphatic heterocycles. The summed E-state index contributed by atoms with van der Waals surface area (Å²) in [7, 11) is 0. The van der Waals surface area contributed by atoms with Crippen LogP contribution in [0.4, 0.5) is 0 Å². The van der Waals surface area contributed by atoms with E-state index in [4.69, 9.17) is 0 Å². The summed E-state index contributed by atoms with van der Waals surface area (Å²) in [6.07, 6.45) is 0. The van der Waals surface area contributed by atoms with Gasteiger partial charge in [-0.2, -0.15) is 0 Å². The van der Waals surface area contributed by atoms with Gasteiger partial charge < -0.3 is 0 Å². The van der Waals surface area contributed by atoms with Gasteiger partial charge in [-0.1, -0.05) is 198 Å². The molecule has 0 unspecified atom stereocenters. The molecule has 2 aliphatic carbocycles. The first-order chi connectivity index (χ1) is 29.3. The zero-order valence-electron chi connectivity index (χ0n) is 34.5. The van der Waals surface area contributed by atoms with Crippen molar-refractivity contribution in [3.05, 3.63) is 216 Å². The van der Waals surface area contributed by atoms with E-state index in [9.17, 15) is 0 Å². The summed E-state index contributed by atoms with van der Waals surface area (Å²) in [4.78, 5) is 0. The number of rotatable bonds is 4. The highest BCUT2D eigenvalue weighted by atomic mass is 14.4. The molecule has 2 aliphatic rings. The first-order valence-electron chi connectivity index (χ1n) is 21.3. The molecular formula is C60H44. The van der Waals surface area contributed by atoms with Crippen LogP contribution in [0.5, 0.6) is 0 Å². The third-order valence-electron chi connectivity index (χ3n) is 14.1. The summed E-state index contributed by atoms with van der Waals surface area (Å²) in [6, 6.07) is 73.0. The molecule has 10 aromatic rings. The predicted molar refractivity (Wildman–Crippen MR) is 256 cm³/mol. The molecule has 0 bridgehead atoms. The molecule has 0 heteroatoms. The molecule has 0 saturated carbocycles. The quantitative estimate of drug-likeness (QED) is 0.124. The van der Waals surface area contributed by atoms with E-state index in [1.165, 1.54) is 121 Å². The Kier molecular flexibility index (Phi) is 7.42. The SMILES string of the molecule is CC1(C)c2ccccc2-c2cc3c(cc21)-c1ccc(-c2ccc(-c4c5ccccc5c(-c5ccccc5)c5ccc6ccccc6c45)c(-c4ccccc4)c2)cc1C3(C)C. The van der Waals surface area contributed by atoms with Crippen LogP contribution < -0.4 is 0 Å². The van der Waals surface area contributed by atoms with Crippen molar-refractivity contribution in [2.24, 2.45) is 0 Å². The summed E-state index contributed by atoms with van der Waals surface area (Å²) in [5.74, 6) is 0. The smallest absolute Gasteiger partial charge is 0.0159 e. The van der Waals surface area contributed by atoms with Gasteiger partial charge in [0.1, 0.15) is 0 Å². The Morgan fingerprint density at radius 1 is 0.267 bits per heavy atom. The van der Waals surface area contributed by atoms with Gasteiger partial charge in [0.25, 0.3) is 0 Å². The zero-order valence-corrected chi connectivity index (χ0v) is 34.5. The van der Waals surface area contributed by atoms with Crippen molar-refractivity contribution in [1.29, 1.82) is 0 Å². The van der Waals surface area contributed by atoms with E-state index < -0.39 is 0 Å². The van der Waals surface area contributed by atoms with Gasteiger partial charge in [0.15, 0.2) is 0 Å². The van der Waals surface area contributed by atoms with Crippen molar-refractivity contribution in [2.45, 2.75) is 38.5 Å². The van der Waals surface area contributed by atoms with Crippen molar-refractivity contribution in [1.82, 2.24) is 0 Å². The maximum absolute atomic E-state index is 2.52. The van der Waals surface area contributed by atoms with Crippen molar-refractivity contribution in [2.75, 3.05) is 0 Å². The van der Waals surface area contributed by atoms with Crippen LogP contribution in [0.25, 0.3) is 99.1 Å². The van der Waals surface area contributed by atoms with Crippen molar-refractivity contribution < 1.29 is 0 Å². The maximum Gasteiger partial charge on any atom is 0.0159 e. The molecule has 10 aromatic carbocycles. The van der Waals surface area contributed by atoms with Gasteiger partial charge in [-0.3, -0.25) is 0 Å². The van der Waals surface area contributed by atoms with Crippen LogP contribution >= 0.6 is 0 Å². The van der Waals surface area contributed by atoms with Crippen LogP contribution in [0.3, 0.4) is 0 Å². The van der Waals surface area contributed by atoms with Gasteiger partial charge >= 0.3 is 0 Å². The predicted octanol–water partition coefficient (Wildman–Crippen LogP) is 16.4. The minimum absolute atomic E-state index is 0.0335. The lowest BCUT2D eigenvalue weighted by molar-refractivity contribution is 0.652. The first kappa shape index (κ1) is 35.0. The van der Waals surface area contributed by atoms with Crippen LogP contribution in [0.15, 0.2) is 194 Å². The molecule has 0 atom stereocenters. The fraction of sp³-hybridized carbons (Fsp3) is 0.100. The number of benzene rings is 10. The fourth-order valence-electron chi connectivity index (χ4n) is 11.1. The molecule has 0 N–H and O–H groups in total. The molecule has 0 radical (unpaired) electrons. The van der Waals surface area contributed by atoms with Crippen molar-refractivity contribution >= 4 is 32.3 Å². The lowest BCUT2D eigenvalue weighted by atomic mass is 9.79. The Balaban J connectivity index is 1.08. The molecule has 0 saturated heterocycles. The van der Waals surface area contributed by atoms with E-state index in [1.54, 1.807) is 0 Å². The summed E-state index contributed by atoms with van der Waals surface area (Å²) in [5, 5.41) is 7.62. The van der Waals surface area contributed by atoms with E-state index >= 15 is 0 Å². The average Bonchev–Trinajstić information content (AvgIpc) is 3.66. The number of hydrogen-bond donors (Lipinski definition) is 0. The third kappa shape index (κ3) is 4.91. The lowest BCUT2D eigenvalue weighted by Crippen LogP contribution is -2.17. The van der Waals surface area contributed by atoms with E-state index in [0.717, 1.165) is 0 Å². The Morgan fingerprint density at radius 3 is 1.50 bits per heavy atom. The molecule has 284 valence electrons. The molecule has 0 spiro atoms. The second kappa shape index (κ2) is 12.7. The third-order valence-corrected chi connectivity index (χ3v) is 14.1. The largest absolute Gasteiger partial charge is 0.0622 e. The minimum Gasteiger partial charge on any atom is -0.0622 e. The highest BCUT2D eigenvalue weighted by Gasteiger charge is 2.41. The summed E-state index contributed by atoms with van der Waals surface area (Å²) < 4.78 is 0. The van der Waals surface area contributed by atoms with Crippen LogP contribution in [-0.2, 0) is 10.8 Å². The average molecular weight is 765 g/mol. The second-order valence-electron chi connectivity index (χ2n) is 18.0. The second-order valence-corrected chi connectivity index (χ2v) is 18.0. The van der Waals surface area contributed by atoms with Gasteiger partial charge in [-0.05, 0) is 146 Å². The summed E-state index contributed by atoms with van der Waals surface area (Å²) >= 11 is 0. The van der Waals surface area contributed by atoms with Gasteiger partial charge in [0.2, 0.25) is 0 Å². The molecule has 0 amide bonds. The maximum atomic E-state index is 2.52. The van der Waals surface area contributed by atoms with Crippen molar-refractivity contribution in [3.8, 4) is 66.8 Å². The van der Waals surface area contributed by atoms with Crippen LogP contribution in [0.2, 0.25) is 0 Å². The first-order valence-corrected chi connectivity index (χ1v) is 21.3. The van der Waals surface area contributed by atoms with Gasteiger partial charge in [-0.15, -0.1) is 0 Å². The van der Waals surface area contributed by atoms with Gasteiger partial charge in [0, 0.05) is 10.8 Å². The molecular weight excluding hydrogens is 721 g/mol. The molecule has 0 nitrogen and oxygen atoms in total. The van der Waals surface area contributed by atoms with Crippen LogP contribution in [0.1, 0.15) is 49.9 Å². The normalized spacial score (nSPS) is 14.3. The molecule has 0 heterocycles. The monoisotopic (exact) mass is 764 g/mol. The molecule has 0 aromatic heterocycles. The highest BCUT2D eigenvalue weighted by molar-refractivity contribution is 6.28. The fourth-order valence-corrected chi connectivity index (χ4v) is 11.1. The molecule has 12 rings (SSSR count). The summed E-state index contributed by atoms with van der Waals surface area (Å²) in [6.45, 7) is 9.59. The minimum atomic E-state index is -0.140. The van der Waals surface area contributed by atoms with Crippen molar-refractivity contribution in [3.63, 3.8) is 0 Å². The van der Waals surface area contributed by atoms with E-state index in [1.807, 2.05) is 0 Å². The Hall–Kier alpha value is -7.02. The Morgan fingerprint density at radius 2 is 0.783 bits per heavy atom.